The minimum absolute atomic E-state index is 0.139. The minimum atomic E-state index is -0.330. The van der Waals surface area contributed by atoms with E-state index in [-0.39, 0.29) is 24.2 Å². The first-order valence-electron chi connectivity index (χ1n) is 8.27. The van der Waals surface area contributed by atoms with Crippen LogP contribution < -0.4 is 5.32 Å². The lowest BCUT2D eigenvalue weighted by atomic mass is 9.97. The monoisotopic (exact) mass is 333 g/mol. The largest absolute Gasteiger partial charge is 0.345 e. The van der Waals surface area contributed by atoms with Crippen molar-refractivity contribution in [1.82, 2.24) is 5.32 Å². The Labute approximate surface area is 147 Å². The predicted molar refractivity (Wildman–Crippen MR) is 97.7 cm³/mol. The van der Waals surface area contributed by atoms with Crippen LogP contribution in [0.1, 0.15) is 28.3 Å². The number of rotatable bonds is 5. The molecule has 0 aliphatic carbocycles. The number of benzene rings is 3. The molecule has 0 fully saturated rings. The second-order valence-electron chi connectivity index (χ2n) is 6.13. The van der Waals surface area contributed by atoms with E-state index < -0.39 is 0 Å². The van der Waals surface area contributed by atoms with Gasteiger partial charge >= 0.3 is 0 Å². The highest BCUT2D eigenvalue weighted by molar-refractivity contribution is 5.79. The Kier molecular flexibility index (Phi) is 5.24. The molecular formula is C22H20FNO. The van der Waals surface area contributed by atoms with E-state index in [0.29, 0.717) is 5.56 Å². The van der Waals surface area contributed by atoms with Gasteiger partial charge in [0.25, 0.3) is 0 Å². The lowest BCUT2D eigenvalue weighted by Crippen LogP contribution is -2.30. The van der Waals surface area contributed by atoms with Gasteiger partial charge in [-0.2, -0.15) is 0 Å². The molecule has 0 saturated heterocycles. The van der Waals surface area contributed by atoms with Gasteiger partial charge in [-0.05, 0) is 35.7 Å². The molecule has 1 unspecified atom stereocenters. The van der Waals surface area contributed by atoms with Crippen LogP contribution in [0.25, 0.3) is 0 Å². The van der Waals surface area contributed by atoms with Crippen molar-refractivity contribution in [2.75, 3.05) is 0 Å². The lowest BCUT2D eigenvalue weighted by molar-refractivity contribution is -0.120. The van der Waals surface area contributed by atoms with Crippen molar-refractivity contribution in [3.05, 3.63) is 107 Å². The van der Waals surface area contributed by atoms with Gasteiger partial charge in [0.15, 0.2) is 0 Å². The highest BCUT2D eigenvalue weighted by Crippen LogP contribution is 2.22. The first kappa shape index (κ1) is 16.9. The zero-order chi connectivity index (χ0) is 17.6. The molecule has 0 aliphatic rings. The topological polar surface area (TPSA) is 29.1 Å². The fourth-order valence-electron chi connectivity index (χ4n) is 2.81. The molecule has 1 amide bonds. The fourth-order valence-corrected chi connectivity index (χ4v) is 2.81. The minimum Gasteiger partial charge on any atom is -0.345 e. The van der Waals surface area contributed by atoms with Gasteiger partial charge in [-0.3, -0.25) is 4.79 Å². The number of hydrogen-bond acceptors (Lipinski definition) is 1. The zero-order valence-corrected chi connectivity index (χ0v) is 14.1. The summed E-state index contributed by atoms with van der Waals surface area (Å²) in [5.74, 6) is -0.469. The molecule has 0 aromatic heterocycles. The van der Waals surface area contributed by atoms with Gasteiger partial charge < -0.3 is 5.32 Å². The summed E-state index contributed by atoms with van der Waals surface area (Å²) in [6, 6.07) is 23.9. The zero-order valence-electron chi connectivity index (χ0n) is 14.1. The molecule has 0 heterocycles. The second-order valence-corrected chi connectivity index (χ2v) is 6.13. The van der Waals surface area contributed by atoms with Crippen molar-refractivity contribution in [1.29, 1.82) is 0 Å². The summed E-state index contributed by atoms with van der Waals surface area (Å²) in [7, 11) is 0. The van der Waals surface area contributed by atoms with Crippen molar-refractivity contribution in [3.63, 3.8) is 0 Å². The molecular weight excluding hydrogens is 313 g/mol. The molecule has 3 rings (SSSR count). The predicted octanol–water partition coefficient (Wildman–Crippen LogP) is 4.58. The summed E-state index contributed by atoms with van der Waals surface area (Å²) in [5.41, 5.74) is 3.86. The van der Waals surface area contributed by atoms with E-state index in [1.807, 2.05) is 61.5 Å². The van der Waals surface area contributed by atoms with E-state index in [4.69, 9.17) is 0 Å². The molecule has 3 aromatic rings. The molecule has 1 atom stereocenters. The number of halogens is 1. The van der Waals surface area contributed by atoms with Crippen molar-refractivity contribution in [3.8, 4) is 0 Å². The third-order valence-corrected chi connectivity index (χ3v) is 4.10. The maximum absolute atomic E-state index is 13.3. The van der Waals surface area contributed by atoms with E-state index in [0.717, 1.165) is 11.1 Å². The van der Waals surface area contributed by atoms with Crippen LogP contribution in [-0.2, 0) is 11.2 Å². The van der Waals surface area contributed by atoms with Crippen LogP contribution in [0, 0.1) is 12.7 Å². The summed E-state index contributed by atoms with van der Waals surface area (Å²) in [5, 5.41) is 3.08. The Bertz CT molecular complexity index is 843. The molecule has 1 N–H and O–H groups in total. The third-order valence-electron chi connectivity index (χ3n) is 4.10. The summed E-state index contributed by atoms with van der Waals surface area (Å²) < 4.78 is 13.3. The highest BCUT2D eigenvalue weighted by atomic mass is 19.1. The van der Waals surface area contributed by atoms with Crippen LogP contribution in [-0.4, -0.2) is 5.91 Å². The smallest absolute Gasteiger partial charge is 0.225 e. The number of carbonyl (C=O) groups excluding carboxylic acids is 1. The van der Waals surface area contributed by atoms with Crippen molar-refractivity contribution in [2.45, 2.75) is 19.4 Å². The van der Waals surface area contributed by atoms with Crippen LogP contribution in [0.2, 0.25) is 0 Å². The average molecular weight is 333 g/mol. The van der Waals surface area contributed by atoms with E-state index >= 15 is 0 Å². The Hall–Kier alpha value is -2.94. The first-order chi connectivity index (χ1) is 12.1. The van der Waals surface area contributed by atoms with Crippen LogP contribution >= 0.6 is 0 Å². The molecule has 2 nitrogen and oxygen atoms in total. The number of hydrogen-bond donors (Lipinski definition) is 1. The summed E-state index contributed by atoms with van der Waals surface area (Å²) in [6.45, 7) is 2.03. The lowest BCUT2D eigenvalue weighted by Gasteiger charge is -2.20. The fraction of sp³-hybridized carbons (Fsp3) is 0.136. The maximum atomic E-state index is 13.3. The van der Waals surface area contributed by atoms with E-state index in [9.17, 15) is 9.18 Å². The quantitative estimate of drug-likeness (QED) is 0.727. The van der Waals surface area contributed by atoms with E-state index in [1.165, 1.54) is 17.7 Å². The molecule has 0 bridgehead atoms. The van der Waals surface area contributed by atoms with E-state index in [1.54, 1.807) is 12.1 Å². The Balaban J connectivity index is 1.82. The number of aryl methyl sites for hydroxylation is 1. The van der Waals surface area contributed by atoms with Gasteiger partial charge in [0.05, 0.1) is 12.5 Å². The molecule has 3 aromatic carbocycles. The number of amides is 1. The molecule has 25 heavy (non-hydrogen) atoms. The Morgan fingerprint density at radius 2 is 1.60 bits per heavy atom. The Morgan fingerprint density at radius 3 is 2.28 bits per heavy atom. The van der Waals surface area contributed by atoms with Crippen molar-refractivity contribution in [2.24, 2.45) is 0 Å². The summed E-state index contributed by atoms with van der Waals surface area (Å²) in [6.07, 6.45) is 0.146. The van der Waals surface area contributed by atoms with Crippen LogP contribution in [0.4, 0.5) is 4.39 Å². The van der Waals surface area contributed by atoms with Gasteiger partial charge in [-0.1, -0.05) is 72.3 Å². The first-order valence-corrected chi connectivity index (χ1v) is 8.27. The third kappa shape index (κ3) is 4.54. The van der Waals surface area contributed by atoms with Gasteiger partial charge in [-0.25, -0.2) is 4.39 Å². The Morgan fingerprint density at radius 1 is 0.920 bits per heavy atom. The van der Waals surface area contributed by atoms with Gasteiger partial charge in [0.2, 0.25) is 5.91 Å². The number of nitrogens with one attached hydrogen (secondary N) is 1. The molecule has 0 radical (unpaired) electrons. The second kappa shape index (κ2) is 7.75. The van der Waals surface area contributed by atoms with Crippen molar-refractivity contribution >= 4 is 5.91 Å². The molecule has 0 aliphatic heterocycles. The van der Waals surface area contributed by atoms with Crippen molar-refractivity contribution < 1.29 is 9.18 Å². The van der Waals surface area contributed by atoms with Gasteiger partial charge in [0.1, 0.15) is 5.82 Å². The SMILES string of the molecule is Cc1ccc(C(NC(=O)Cc2cccc(F)c2)c2ccccc2)cc1. The summed E-state index contributed by atoms with van der Waals surface area (Å²) in [4.78, 5) is 12.5. The molecule has 0 spiro atoms. The van der Waals surface area contributed by atoms with Gasteiger partial charge in [-0.15, -0.1) is 0 Å². The molecule has 3 heteroatoms. The van der Waals surface area contributed by atoms with Crippen LogP contribution in [0.3, 0.4) is 0 Å². The normalized spacial score (nSPS) is 11.8. The van der Waals surface area contributed by atoms with Gasteiger partial charge in [0, 0.05) is 0 Å². The van der Waals surface area contributed by atoms with Crippen LogP contribution in [0.15, 0.2) is 78.9 Å². The summed E-state index contributed by atoms with van der Waals surface area (Å²) >= 11 is 0. The average Bonchev–Trinajstić information content (AvgIpc) is 2.61. The highest BCUT2D eigenvalue weighted by Gasteiger charge is 2.17. The standard InChI is InChI=1S/C22H20FNO/c1-16-10-12-19(13-11-16)22(18-7-3-2-4-8-18)24-21(25)15-17-6-5-9-20(23)14-17/h2-14,22H,15H2,1H3,(H,24,25). The molecule has 0 saturated carbocycles. The number of carbonyl (C=O) groups is 1. The maximum Gasteiger partial charge on any atom is 0.225 e. The molecule has 126 valence electrons. The van der Waals surface area contributed by atoms with E-state index in [2.05, 4.69) is 5.32 Å². The van der Waals surface area contributed by atoms with Crippen LogP contribution in [0.5, 0.6) is 0 Å².